The Morgan fingerprint density at radius 1 is 1.54 bits per heavy atom. The molecular weight excluding hydrogens is 302 g/mol. The fourth-order valence-electron chi connectivity index (χ4n) is 1.04. The zero-order chi connectivity index (χ0) is 10.0. The highest BCUT2D eigenvalue weighted by molar-refractivity contribution is 14.1. The van der Waals surface area contributed by atoms with Crippen molar-refractivity contribution in [1.82, 2.24) is 0 Å². The fraction of sp³-hybridized carbons (Fsp3) is 0.111. The molecule has 0 unspecified atom stereocenters. The van der Waals surface area contributed by atoms with Crippen LogP contribution in [0.25, 0.3) is 0 Å². The number of aldehydes is 1. The van der Waals surface area contributed by atoms with Crippen LogP contribution in [-0.2, 0) is 0 Å². The van der Waals surface area contributed by atoms with Crippen molar-refractivity contribution in [1.29, 1.82) is 0 Å². The zero-order valence-electron chi connectivity index (χ0n) is 6.80. The summed E-state index contributed by atoms with van der Waals surface area (Å²) in [7, 11) is 0. The van der Waals surface area contributed by atoms with Crippen LogP contribution >= 0.6 is 34.2 Å². The molecule has 0 saturated carbocycles. The van der Waals surface area contributed by atoms with E-state index in [9.17, 15) is 9.59 Å². The molecule has 0 aliphatic heterocycles. The van der Waals surface area contributed by atoms with Crippen molar-refractivity contribution >= 4 is 45.7 Å². The van der Waals surface area contributed by atoms with Gasteiger partial charge in [-0.15, -0.1) is 0 Å². The standard InChI is InChI=1S/C9H6ClIO2/c1-5-2-6(9(10)13)7(4-12)8(11)3-5/h2-4H,1H3. The first-order valence-electron chi connectivity index (χ1n) is 3.51. The van der Waals surface area contributed by atoms with Gasteiger partial charge < -0.3 is 0 Å². The molecule has 1 rings (SSSR count). The Bertz CT molecular complexity index is 374. The van der Waals surface area contributed by atoms with Crippen LogP contribution in [0.4, 0.5) is 0 Å². The van der Waals surface area contributed by atoms with Crippen molar-refractivity contribution in [3.05, 3.63) is 32.4 Å². The van der Waals surface area contributed by atoms with E-state index in [-0.39, 0.29) is 5.56 Å². The molecule has 68 valence electrons. The largest absolute Gasteiger partial charge is 0.298 e. The van der Waals surface area contributed by atoms with E-state index in [1.54, 1.807) is 6.07 Å². The van der Waals surface area contributed by atoms with Crippen LogP contribution in [0, 0.1) is 10.5 Å². The number of benzene rings is 1. The van der Waals surface area contributed by atoms with Crippen molar-refractivity contribution in [2.45, 2.75) is 6.92 Å². The van der Waals surface area contributed by atoms with Gasteiger partial charge in [0.2, 0.25) is 0 Å². The Balaban J connectivity index is 3.46. The van der Waals surface area contributed by atoms with Crippen LogP contribution in [0.5, 0.6) is 0 Å². The smallest absolute Gasteiger partial charge is 0.253 e. The quantitative estimate of drug-likeness (QED) is 0.478. The van der Waals surface area contributed by atoms with Crippen LogP contribution in [-0.4, -0.2) is 11.5 Å². The number of carbonyl (C=O) groups is 2. The summed E-state index contributed by atoms with van der Waals surface area (Å²) in [5, 5.41) is -0.594. The molecule has 0 spiro atoms. The van der Waals surface area contributed by atoms with E-state index in [1.165, 1.54) is 0 Å². The molecule has 0 heterocycles. The van der Waals surface area contributed by atoms with Crippen molar-refractivity contribution in [3.8, 4) is 0 Å². The van der Waals surface area contributed by atoms with Gasteiger partial charge in [0.25, 0.3) is 5.24 Å². The van der Waals surface area contributed by atoms with Gasteiger partial charge in [-0.1, -0.05) is 0 Å². The summed E-state index contributed by atoms with van der Waals surface area (Å²) >= 11 is 7.33. The SMILES string of the molecule is Cc1cc(I)c(C=O)c(C(=O)Cl)c1. The second-order valence-corrected chi connectivity index (χ2v) is 4.11. The third kappa shape index (κ3) is 2.28. The van der Waals surface area contributed by atoms with Gasteiger partial charge in [0, 0.05) is 14.7 Å². The second-order valence-electron chi connectivity index (χ2n) is 2.60. The number of hydrogen-bond donors (Lipinski definition) is 0. The van der Waals surface area contributed by atoms with Crippen molar-refractivity contribution in [3.63, 3.8) is 0 Å². The van der Waals surface area contributed by atoms with Crippen molar-refractivity contribution in [2.75, 3.05) is 0 Å². The molecule has 0 amide bonds. The minimum absolute atomic E-state index is 0.279. The Kier molecular flexibility index (Phi) is 3.44. The average molecular weight is 309 g/mol. The molecule has 4 heteroatoms. The summed E-state index contributed by atoms with van der Waals surface area (Å²) in [5.74, 6) is 0. The molecule has 13 heavy (non-hydrogen) atoms. The minimum atomic E-state index is -0.594. The van der Waals surface area contributed by atoms with Gasteiger partial charge in [-0.3, -0.25) is 9.59 Å². The highest BCUT2D eigenvalue weighted by Gasteiger charge is 2.11. The van der Waals surface area contributed by atoms with Crippen LogP contribution in [0.1, 0.15) is 26.3 Å². The van der Waals surface area contributed by atoms with E-state index in [2.05, 4.69) is 0 Å². The summed E-state index contributed by atoms with van der Waals surface area (Å²) in [6, 6.07) is 3.44. The van der Waals surface area contributed by atoms with E-state index in [4.69, 9.17) is 11.6 Å². The summed E-state index contributed by atoms with van der Waals surface area (Å²) in [4.78, 5) is 21.6. The summed E-state index contributed by atoms with van der Waals surface area (Å²) in [6.45, 7) is 1.85. The maximum atomic E-state index is 10.9. The van der Waals surface area contributed by atoms with Crippen molar-refractivity contribution in [2.24, 2.45) is 0 Å². The van der Waals surface area contributed by atoms with E-state index in [0.29, 0.717) is 11.8 Å². The summed E-state index contributed by atoms with van der Waals surface area (Å²) in [6.07, 6.45) is 0.650. The van der Waals surface area contributed by atoms with Crippen molar-refractivity contribution < 1.29 is 9.59 Å². The Labute approximate surface area is 94.4 Å². The molecule has 1 aromatic rings. The third-order valence-corrected chi connectivity index (χ3v) is 2.70. The van der Waals surface area contributed by atoms with E-state index < -0.39 is 5.24 Å². The molecule has 0 bridgehead atoms. The molecule has 1 aromatic carbocycles. The molecule has 2 nitrogen and oxygen atoms in total. The fourth-order valence-corrected chi connectivity index (χ4v) is 2.10. The molecule has 0 saturated heterocycles. The predicted octanol–water partition coefficient (Wildman–Crippen LogP) is 2.79. The van der Waals surface area contributed by atoms with Gasteiger partial charge in [0.05, 0.1) is 0 Å². The molecular formula is C9H6ClIO2. The van der Waals surface area contributed by atoms with Crippen LogP contribution in [0.3, 0.4) is 0 Å². The topological polar surface area (TPSA) is 34.1 Å². The Hall–Kier alpha value is -0.420. The zero-order valence-corrected chi connectivity index (χ0v) is 9.72. The number of halogens is 2. The predicted molar refractivity (Wildman–Crippen MR) is 59.5 cm³/mol. The highest BCUT2D eigenvalue weighted by atomic mass is 127. The molecule has 0 aliphatic carbocycles. The minimum Gasteiger partial charge on any atom is -0.298 e. The van der Waals surface area contributed by atoms with Gasteiger partial charge in [-0.2, -0.15) is 0 Å². The first-order chi connectivity index (χ1) is 6.06. The Morgan fingerprint density at radius 3 is 2.62 bits per heavy atom. The summed E-state index contributed by atoms with van der Waals surface area (Å²) in [5.41, 5.74) is 1.56. The monoisotopic (exact) mass is 308 g/mol. The van der Waals surface area contributed by atoms with Crippen LogP contribution < -0.4 is 0 Å². The lowest BCUT2D eigenvalue weighted by molar-refractivity contribution is 0.106. The average Bonchev–Trinajstić information content (AvgIpc) is 2.02. The van der Waals surface area contributed by atoms with Gasteiger partial charge in [-0.05, 0) is 58.8 Å². The first kappa shape index (κ1) is 10.7. The maximum absolute atomic E-state index is 10.9. The van der Waals surface area contributed by atoms with Gasteiger partial charge in [0.1, 0.15) is 0 Å². The Morgan fingerprint density at radius 2 is 2.15 bits per heavy atom. The van der Waals surface area contributed by atoms with Crippen LogP contribution in [0.15, 0.2) is 12.1 Å². The first-order valence-corrected chi connectivity index (χ1v) is 4.97. The molecule has 0 radical (unpaired) electrons. The molecule has 0 fully saturated rings. The number of carbonyl (C=O) groups excluding carboxylic acids is 2. The molecule has 0 aliphatic rings. The van der Waals surface area contributed by atoms with E-state index in [0.717, 1.165) is 9.13 Å². The van der Waals surface area contributed by atoms with Crippen LogP contribution in [0.2, 0.25) is 0 Å². The van der Waals surface area contributed by atoms with Gasteiger partial charge >= 0.3 is 0 Å². The maximum Gasteiger partial charge on any atom is 0.253 e. The third-order valence-electron chi connectivity index (χ3n) is 1.60. The highest BCUT2D eigenvalue weighted by Crippen LogP contribution is 2.19. The molecule has 0 aromatic heterocycles. The molecule has 0 atom stereocenters. The summed E-state index contributed by atoms with van der Waals surface area (Å²) < 4.78 is 0.747. The lowest BCUT2D eigenvalue weighted by atomic mass is 10.1. The number of hydrogen-bond acceptors (Lipinski definition) is 2. The van der Waals surface area contributed by atoms with Gasteiger partial charge in [-0.25, -0.2) is 0 Å². The van der Waals surface area contributed by atoms with E-state index in [1.807, 2.05) is 35.6 Å². The number of aryl methyl sites for hydroxylation is 1. The lowest BCUT2D eigenvalue weighted by Crippen LogP contribution is -2.00. The number of rotatable bonds is 2. The van der Waals surface area contributed by atoms with Gasteiger partial charge in [0.15, 0.2) is 6.29 Å². The van der Waals surface area contributed by atoms with E-state index >= 15 is 0 Å². The molecule has 0 N–H and O–H groups in total. The lowest BCUT2D eigenvalue weighted by Gasteiger charge is -2.03. The normalized spacial score (nSPS) is 9.77. The second kappa shape index (κ2) is 4.19.